The maximum Gasteiger partial charge on any atom is 0.0850 e. The van der Waals surface area contributed by atoms with E-state index in [1.54, 1.807) is 0 Å². The molecule has 0 aromatic heterocycles. The van der Waals surface area contributed by atoms with Gasteiger partial charge in [-0.25, -0.2) is 0 Å². The van der Waals surface area contributed by atoms with E-state index in [0.29, 0.717) is 0 Å². The normalized spacial score (nSPS) is 11.1. The minimum absolute atomic E-state index is 0.857. The van der Waals surface area contributed by atoms with Gasteiger partial charge in [0.15, 0.2) is 0 Å². The molecule has 2 N–H and O–H groups in total. The summed E-state index contributed by atoms with van der Waals surface area (Å²) in [5.74, 6) is 1.15. The van der Waals surface area contributed by atoms with Gasteiger partial charge in [0.25, 0.3) is 0 Å². The second-order valence-corrected chi connectivity index (χ2v) is 7.11. The fourth-order valence-electron chi connectivity index (χ4n) is 1.82. The smallest absolute Gasteiger partial charge is 0.0850 e. The molecule has 1 aromatic carbocycles. The van der Waals surface area contributed by atoms with Crippen molar-refractivity contribution in [1.82, 2.24) is 0 Å². The molecule has 0 fully saturated rings. The zero-order chi connectivity index (χ0) is 16.1. The molecular formula is C17H32N2S2. The topological polar surface area (TPSA) is 24.1 Å². The van der Waals surface area contributed by atoms with Crippen LogP contribution in [0.4, 0.5) is 11.4 Å². The first-order valence-corrected chi connectivity index (χ1v) is 10.5. The van der Waals surface area contributed by atoms with Crippen LogP contribution in [-0.4, -0.2) is 12.4 Å². The molecule has 2 rings (SSSR count). The van der Waals surface area contributed by atoms with Crippen LogP contribution in [0.15, 0.2) is 17.0 Å². The molecule has 21 heavy (non-hydrogen) atoms. The van der Waals surface area contributed by atoms with E-state index in [9.17, 15) is 0 Å². The number of nitrogens with one attached hydrogen (secondary N) is 2. The van der Waals surface area contributed by atoms with Crippen molar-refractivity contribution in [2.45, 2.75) is 65.7 Å². The Morgan fingerprint density at radius 1 is 1.00 bits per heavy atom. The fourth-order valence-corrected chi connectivity index (χ4v) is 3.70. The number of rotatable bonds is 5. The molecule has 1 aliphatic rings. The summed E-state index contributed by atoms with van der Waals surface area (Å²) in [4.78, 5) is 1.42. The van der Waals surface area contributed by atoms with Crippen LogP contribution in [0.5, 0.6) is 0 Å². The van der Waals surface area contributed by atoms with Crippen LogP contribution in [0.25, 0.3) is 0 Å². The Bertz CT molecular complexity index is 381. The first-order chi connectivity index (χ1) is 10.3. The molecule has 0 unspecified atom stereocenters. The molecule has 0 spiro atoms. The lowest BCUT2D eigenvalue weighted by molar-refractivity contribution is 0.902. The van der Waals surface area contributed by atoms with Crippen LogP contribution >= 0.6 is 21.6 Å². The summed E-state index contributed by atoms with van der Waals surface area (Å²) in [6.07, 6.45) is 3.62. The summed E-state index contributed by atoms with van der Waals surface area (Å²) in [6, 6.07) is 4.59. The molecular weight excluding hydrogens is 296 g/mol. The van der Waals surface area contributed by atoms with Crippen molar-refractivity contribution in [3.8, 4) is 0 Å². The Kier molecular flexibility index (Phi) is 12.9. The van der Waals surface area contributed by atoms with Crippen LogP contribution in [0, 0.1) is 0 Å². The Balaban J connectivity index is 0.000000713. The van der Waals surface area contributed by atoms with Gasteiger partial charge in [-0.1, -0.05) is 76.0 Å². The Morgan fingerprint density at radius 2 is 1.57 bits per heavy atom. The van der Waals surface area contributed by atoms with E-state index in [0.717, 1.165) is 12.4 Å². The second kappa shape index (κ2) is 13.2. The number of hydrogen-bond acceptors (Lipinski definition) is 4. The lowest BCUT2D eigenvalue weighted by atomic mass is 10.1. The van der Waals surface area contributed by atoms with E-state index in [-0.39, 0.29) is 0 Å². The van der Waals surface area contributed by atoms with Gasteiger partial charge in [-0.05, 0) is 24.1 Å². The molecule has 0 atom stereocenters. The first-order valence-electron chi connectivity index (χ1n) is 8.20. The number of hydrogen-bond donors (Lipinski definition) is 2. The summed E-state index contributed by atoms with van der Waals surface area (Å²) < 4.78 is 0. The lowest BCUT2D eigenvalue weighted by Crippen LogP contribution is -1.98. The average Bonchev–Trinajstić information content (AvgIpc) is 2.95. The Morgan fingerprint density at radius 3 is 2.10 bits per heavy atom. The van der Waals surface area contributed by atoms with Gasteiger partial charge < -0.3 is 10.6 Å². The molecule has 4 heteroatoms. The van der Waals surface area contributed by atoms with Crippen LogP contribution in [0.1, 0.15) is 59.9 Å². The zero-order valence-corrected chi connectivity index (χ0v) is 16.1. The van der Waals surface area contributed by atoms with E-state index in [1.165, 1.54) is 41.1 Å². The maximum absolute atomic E-state index is 3.36. The van der Waals surface area contributed by atoms with Crippen LogP contribution in [0.3, 0.4) is 0 Å². The third kappa shape index (κ3) is 7.37. The van der Waals surface area contributed by atoms with Gasteiger partial charge in [0, 0.05) is 10.6 Å². The minimum atomic E-state index is 0.857. The van der Waals surface area contributed by atoms with Crippen molar-refractivity contribution >= 4 is 33.0 Å². The van der Waals surface area contributed by atoms with E-state index in [4.69, 9.17) is 0 Å². The van der Waals surface area contributed by atoms with E-state index >= 15 is 0 Å². The highest BCUT2D eigenvalue weighted by Gasteiger charge is 2.13. The molecule has 0 radical (unpaired) electrons. The van der Waals surface area contributed by atoms with Gasteiger partial charge >= 0.3 is 0 Å². The highest BCUT2D eigenvalue weighted by molar-refractivity contribution is 8.76. The number of fused-ring (bicyclic) bond motifs is 1. The van der Waals surface area contributed by atoms with Gasteiger partial charge in [0.2, 0.25) is 0 Å². The van der Waals surface area contributed by atoms with Crippen molar-refractivity contribution in [3.05, 3.63) is 17.7 Å². The third-order valence-corrected chi connectivity index (χ3v) is 5.06. The SMILES string of the molecule is CC.CCC.CCCc1cc2c(cc1SSCC)NCN2. The number of anilines is 2. The lowest BCUT2D eigenvalue weighted by Gasteiger charge is -2.10. The van der Waals surface area contributed by atoms with Crippen LogP contribution in [-0.2, 0) is 6.42 Å². The fraction of sp³-hybridized carbons (Fsp3) is 0.647. The van der Waals surface area contributed by atoms with Gasteiger partial charge in [-0.3, -0.25) is 0 Å². The summed E-state index contributed by atoms with van der Waals surface area (Å²) in [7, 11) is 3.82. The van der Waals surface area contributed by atoms with Crippen molar-refractivity contribution in [2.75, 3.05) is 23.1 Å². The van der Waals surface area contributed by atoms with E-state index in [1.807, 2.05) is 35.4 Å². The van der Waals surface area contributed by atoms with Crippen molar-refractivity contribution in [1.29, 1.82) is 0 Å². The average molecular weight is 329 g/mol. The molecule has 0 saturated carbocycles. The molecule has 0 amide bonds. The summed E-state index contributed by atoms with van der Waals surface area (Å²) in [5.41, 5.74) is 3.98. The van der Waals surface area contributed by atoms with Crippen LogP contribution < -0.4 is 10.6 Å². The largest absolute Gasteiger partial charge is 0.366 e. The molecule has 0 bridgehead atoms. The van der Waals surface area contributed by atoms with Crippen molar-refractivity contribution in [2.24, 2.45) is 0 Å². The molecule has 0 aliphatic carbocycles. The molecule has 122 valence electrons. The highest BCUT2D eigenvalue weighted by atomic mass is 33.1. The van der Waals surface area contributed by atoms with Gasteiger partial charge in [-0.2, -0.15) is 0 Å². The van der Waals surface area contributed by atoms with Gasteiger partial charge in [0.1, 0.15) is 0 Å². The number of aryl methyl sites for hydroxylation is 1. The summed E-state index contributed by atoms with van der Waals surface area (Å²) >= 11 is 0. The predicted octanol–water partition coefficient (Wildman–Crippen LogP) is 6.64. The monoisotopic (exact) mass is 328 g/mol. The quantitative estimate of drug-likeness (QED) is 0.592. The van der Waals surface area contributed by atoms with Crippen molar-refractivity contribution < 1.29 is 0 Å². The zero-order valence-electron chi connectivity index (χ0n) is 14.5. The Labute approximate surface area is 139 Å². The van der Waals surface area contributed by atoms with E-state index < -0.39 is 0 Å². The maximum atomic E-state index is 3.36. The minimum Gasteiger partial charge on any atom is -0.366 e. The van der Waals surface area contributed by atoms with Gasteiger partial charge in [-0.15, -0.1) is 0 Å². The molecule has 1 heterocycles. The molecule has 1 aliphatic heterocycles. The van der Waals surface area contributed by atoms with E-state index in [2.05, 4.69) is 50.5 Å². The first kappa shape index (κ1) is 20.5. The van der Waals surface area contributed by atoms with Gasteiger partial charge in [0.05, 0.1) is 18.0 Å². The third-order valence-electron chi connectivity index (χ3n) is 2.54. The Hall–Kier alpha value is -0.480. The molecule has 0 saturated heterocycles. The molecule has 2 nitrogen and oxygen atoms in total. The second-order valence-electron chi connectivity index (χ2n) is 4.48. The number of benzene rings is 1. The summed E-state index contributed by atoms with van der Waals surface area (Å²) in [6.45, 7) is 13.5. The van der Waals surface area contributed by atoms with Crippen molar-refractivity contribution in [3.63, 3.8) is 0 Å². The highest BCUT2D eigenvalue weighted by Crippen LogP contribution is 2.39. The van der Waals surface area contributed by atoms with Crippen LogP contribution in [0.2, 0.25) is 0 Å². The summed E-state index contributed by atoms with van der Waals surface area (Å²) in [5, 5.41) is 6.71. The predicted molar refractivity (Wildman–Crippen MR) is 104 cm³/mol. The molecule has 1 aromatic rings. The standard InChI is InChI=1S/C12H18N2S2.C3H8.C2H6/c1-3-5-9-6-10-11(14-8-13-10)7-12(9)16-15-4-2;1-3-2;1-2/h6-7,13-14H,3-5,8H2,1-2H3;3H2,1-2H3;1-2H3.